The van der Waals surface area contributed by atoms with Crippen molar-refractivity contribution in [2.24, 2.45) is 0 Å². The van der Waals surface area contributed by atoms with Crippen molar-refractivity contribution in [3.05, 3.63) is 0 Å². The van der Waals surface area contributed by atoms with Gasteiger partial charge in [0.1, 0.15) is 0 Å². The Balaban J connectivity index is 3.94. The molecule has 0 aliphatic carbocycles. The fraction of sp³-hybridized carbons (Fsp3) is 0.800. The number of esters is 1. The summed E-state index contributed by atoms with van der Waals surface area (Å²) in [5.74, 6) is -0.220. The van der Waals surface area contributed by atoms with E-state index < -0.39 is 6.29 Å². The minimum Gasteiger partial charge on any atom is -0.449 e. The Hall–Kier alpha value is -0.640. The van der Waals surface area contributed by atoms with Crippen LogP contribution in [0.15, 0.2) is 0 Å². The van der Waals surface area contributed by atoms with Gasteiger partial charge in [0, 0.05) is 19.8 Å². The largest absolute Gasteiger partial charge is 0.449 e. The molecule has 0 amide bonds. The topological polar surface area (TPSA) is 35.5 Å². The second kappa shape index (κ2) is 7.74. The highest BCUT2D eigenvalue weighted by molar-refractivity contribution is 7.80. The van der Waals surface area contributed by atoms with Gasteiger partial charge in [-0.15, -0.1) is 0 Å². The molecule has 0 radical (unpaired) electrons. The molecule has 0 spiro atoms. The second-order valence-electron chi connectivity index (χ2n) is 3.07. The molecule has 0 aromatic heterocycles. The van der Waals surface area contributed by atoms with Crippen LogP contribution in [0.25, 0.3) is 0 Å². The lowest BCUT2D eigenvalue weighted by molar-refractivity contribution is -0.166. The number of carbonyl (C=O) groups is 1. The summed E-state index contributed by atoms with van der Waals surface area (Å²) >= 11 is 4.79. The molecular formula is C10H18O3S. The van der Waals surface area contributed by atoms with Crippen LogP contribution in [-0.2, 0) is 14.3 Å². The Morgan fingerprint density at radius 3 is 2.36 bits per heavy atom. The summed E-state index contributed by atoms with van der Waals surface area (Å²) < 4.78 is 10.3. The Morgan fingerprint density at radius 1 is 1.29 bits per heavy atom. The van der Waals surface area contributed by atoms with E-state index in [1.54, 1.807) is 6.92 Å². The lowest BCUT2D eigenvalue weighted by Crippen LogP contribution is -2.22. The fourth-order valence-electron chi connectivity index (χ4n) is 0.972. The van der Waals surface area contributed by atoms with Gasteiger partial charge in [0.15, 0.2) is 5.05 Å². The lowest BCUT2D eigenvalue weighted by Gasteiger charge is -2.17. The van der Waals surface area contributed by atoms with Crippen LogP contribution < -0.4 is 0 Å². The third-order valence-electron chi connectivity index (χ3n) is 1.54. The normalized spacial score (nSPS) is 11.9. The zero-order valence-corrected chi connectivity index (χ0v) is 9.86. The molecule has 0 bridgehead atoms. The first-order valence-electron chi connectivity index (χ1n) is 4.96. The SMILES string of the molecule is CCCC(=O)O[C@H](CCC)OC(C)=S. The maximum absolute atomic E-state index is 11.2. The van der Waals surface area contributed by atoms with Gasteiger partial charge in [0.2, 0.25) is 6.29 Å². The molecule has 0 fully saturated rings. The van der Waals surface area contributed by atoms with Gasteiger partial charge in [-0.1, -0.05) is 13.8 Å². The molecule has 0 saturated heterocycles. The second-order valence-corrected chi connectivity index (χ2v) is 3.64. The van der Waals surface area contributed by atoms with Gasteiger partial charge in [0.25, 0.3) is 0 Å². The molecule has 3 nitrogen and oxygen atoms in total. The first-order chi connectivity index (χ1) is 6.60. The van der Waals surface area contributed by atoms with Gasteiger partial charge in [-0.2, -0.15) is 0 Å². The lowest BCUT2D eigenvalue weighted by atomic mass is 10.3. The van der Waals surface area contributed by atoms with Crippen LogP contribution in [0.5, 0.6) is 0 Å². The summed E-state index contributed by atoms with van der Waals surface area (Å²) in [4.78, 5) is 11.2. The van der Waals surface area contributed by atoms with Crippen molar-refractivity contribution in [1.29, 1.82) is 0 Å². The fourth-order valence-corrected chi connectivity index (χ4v) is 1.08. The smallest absolute Gasteiger partial charge is 0.308 e. The van der Waals surface area contributed by atoms with Crippen LogP contribution in [0, 0.1) is 0 Å². The molecule has 82 valence electrons. The molecule has 0 aliphatic rings. The Bertz CT molecular complexity index is 192. The maximum atomic E-state index is 11.2. The molecule has 4 heteroatoms. The third kappa shape index (κ3) is 6.83. The quantitative estimate of drug-likeness (QED) is 0.390. The monoisotopic (exact) mass is 218 g/mol. The number of ether oxygens (including phenoxy) is 2. The van der Waals surface area contributed by atoms with Gasteiger partial charge < -0.3 is 9.47 Å². The van der Waals surface area contributed by atoms with Gasteiger partial charge in [-0.25, -0.2) is 0 Å². The van der Waals surface area contributed by atoms with Crippen molar-refractivity contribution in [3.63, 3.8) is 0 Å². The molecule has 0 unspecified atom stereocenters. The predicted molar refractivity (Wildman–Crippen MR) is 59.1 cm³/mol. The zero-order valence-electron chi connectivity index (χ0n) is 9.04. The number of rotatable bonds is 6. The van der Waals surface area contributed by atoms with Gasteiger partial charge in [-0.05, 0) is 25.1 Å². The van der Waals surface area contributed by atoms with E-state index in [9.17, 15) is 4.79 Å². The molecule has 0 saturated carbocycles. The van der Waals surface area contributed by atoms with Gasteiger partial charge in [-0.3, -0.25) is 4.79 Å². The Labute approximate surface area is 90.8 Å². The van der Waals surface area contributed by atoms with E-state index >= 15 is 0 Å². The summed E-state index contributed by atoms with van der Waals surface area (Å²) in [6, 6.07) is 0. The van der Waals surface area contributed by atoms with Crippen molar-refractivity contribution in [2.75, 3.05) is 0 Å². The third-order valence-corrected chi connectivity index (χ3v) is 1.64. The minimum absolute atomic E-state index is 0.220. The molecule has 14 heavy (non-hydrogen) atoms. The maximum Gasteiger partial charge on any atom is 0.308 e. The van der Waals surface area contributed by atoms with E-state index in [2.05, 4.69) is 0 Å². The van der Waals surface area contributed by atoms with E-state index in [4.69, 9.17) is 21.7 Å². The number of carbonyl (C=O) groups excluding carboxylic acids is 1. The Morgan fingerprint density at radius 2 is 1.93 bits per heavy atom. The molecule has 1 atom stereocenters. The predicted octanol–water partition coefficient (Wildman–Crippen LogP) is 2.82. The summed E-state index contributed by atoms with van der Waals surface area (Å²) in [6.07, 6.45) is 2.29. The highest BCUT2D eigenvalue weighted by Crippen LogP contribution is 2.07. The summed E-state index contributed by atoms with van der Waals surface area (Å²) in [5.41, 5.74) is 0. The van der Waals surface area contributed by atoms with Crippen molar-refractivity contribution < 1.29 is 14.3 Å². The average Bonchev–Trinajstić information content (AvgIpc) is 2.03. The van der Waals surface area contributed by atoms with E-state index in [1.165, 1.54) is 0 Å². The molecule has 0 aliphatic heterocycles. The van der Waals surface area contributed by atoms with Crippen LogP contribution in [0.1, 0.15) is 46.5 Å². The van der Waals surface area contributed by atoms with Crippen LogP contribution >= 0.6 is 12.2 Å². The van der Waals surface area contributed by atoms with Crippen molar-refractivity contribution in [1.82, 2.24) is 0 Å². The zero-order chi connectivity index (χ0) is 11.0. The van der Waals surface area contributed by atoms with Crippen molar-refractivity contribution in [3.8, 4) is 0 Å². The average molecular weight is 218 g/mol. The van der Waals surface area contributed by atoms with E-state index in [0.29, 0.717) is 17.9 Å². The standard InChI is InChI=1S/C10H18O3S/c1-4-6-9(11)13-10(7-5-2)12-8(3)14/h10H,4-7H2,1-3H3/t10-/m1/s1. The molecule has 0 aromatic rings. The molecule has 0 rings (SSSR count). The molecule has 0 aromatic carbocycles. The molecule has 0 heterocycles. The first-order valence-corrected chi connectivity index (χ1v) is 5.37. The number of thiocarbonyl (C=S) groups is 1. The van der Waals surface area contributed by atoms with Gasteiger partial charge >= 0.3 is 5.97 Å². The van der Waals surface area contributed by atoms with Crippen LogP contribution in [0.2, 0.25) is 0 Å². The van der Waals surface area contributed by atoms with E-state index in [0.717, 1.165) is 12.8 Å². The van der Waals surface area contributed by atoms with Gasteiger partial charge in [0.05, 0.1) is 0 Å². The summed E-state index contributed by atoms with van der Waals surface area (Å²) in [7, 11) is 0. The van der Waals surface area contributed by atoms with Crippen molar-refractivity contribution in [2.45, 2.75) is 52.7 Å². The first kappa shape index (κ1) is 13.4. The Kier molecular flexibility index (Phi) is 7.38. The summed E-state index contributed by atoms with van der Waals surface area (Å²) in [6.45, 7) is 5.61. The van der Waals surface area contributed by atoms with Crippen LogP contribution in [-0.4, -0.2) is 17.3 Å². The summed E-state index contributed by atoms with van der Waals surface area (Å²) in [5, 5.41) is 0.410. The van der Waals surface area contributed by atoms with Crippen molar-refractivity contribution >= 4 is 23.2 Å². The minimum atomic E-state index is -0.503. The van der Waals surface area contributed by atoms with Crippen LogP contribution in [0.4, 0.5) is 0 Å². The highest BCUT2D eigenvalue weighted by Gasteiger charge is 2.14. The molecule has 0 N–H and O–H groups in total. The number of hydrogen-bond donors (Lipinski definition) is 0. The highest BCUT2D eigenvalue weighted by atomic mass is 32.1. The number of hydrogen-bond acceptors (Lipinski definition) is 4. The van der Waals surface area contributed by atoms with Crippen LogP contribution in [0.3, 0.4) is 0 Å². The van der Waals surface area contributed by atoms with E-state index in [1.807, 2.05) is 13.8 Å². The van der Waals surface area contributed by atoms with E-state index in [-0.39, 0.29) is 5.97 Å². The molecular weight excluding hydrogens is 200 g/mol.